The van der Waals surface area contributed by atoms with Gasteiger partial charge in [-0.15, -0.1) is 0 Å². The summed E-state index contributed by atoms with van der Waals surface area (Å²) in [5, 5.41) is 10.6. The summed E-state index contributed by atoms with van der Waals surface area (Å²) < 4.78 is 1.62. The van der Waals surface area contributed by atoms with Crippen molar-refractivity contribution in [3.8, 4) is 5.82 Å². The van der Waals surface area contributed by atoms with Crippen molar-refractivity contribution in [3.63, 3.8) is 0 Å². The summed E-state index contributed by atoms with van der Waals surface area (Å²) in [6, 6.07) is 10.1. The molecule has 0 spiro atoms. The van der Waals surface area contributed by atoms with Gasteiger partial charge in [0.15, 0.2) is 5.82 Å². The van der Waals surface area contributed by atoms with Crippen LogP contribution in [0.5, 0.6) is 0 Å². The van der Waals surface area contributed by atoms with Crippen molar-refractivity contribution < 1.29 is 4.79 Å². The number of carbonyl (C=O) groups is 1. The topological polar surface area (TPSA) is 71.8 Å². The van der Waals surface area contributed by atoms with Gasteiger partial charge in [0.05, 0.1) is 11.8 Å². The number of hydrogen-bond donors (Lipinski definition) is 2. The highest BCUT2D eigenvalue weighted by molar-refractivity contribution is 5.93. The highest BCUT2D eigenvalue weighted by Gasteiger charge is 2.14. The van der Waals surface area contributed by atoms with Gasteiger partial charge < -0.3 is 10.6 Å². The molecule has 6 heteroatoms. The molecule has 0 fully saturated rings. The quantitative estimate of drug-likeness (QED) is 0.759. The summed E-state index contributed by atoms with van der Waals surface area (Å²) in [5.74, 6) is 0.573. The molecule has 1 aliphatic heterocycles. The zero-order chi connectivity index (χ0) is 17.9. The zero-order valence-corrected chi connectivity index (χ0v) is 14.7. The second-order valence-corrected chi connectivity index (χ2v) is 6.53. The number of aromatic nitrogens is 3. The minimum atomic E-state index is -0.129. The molecule has 3 aromatic rings. The third-order valence-corrected chi connectivity index (χ3v) is 4.66. The maximum Gasteiger partial charge on any atom is 0.254 e. The lowest BCUT2D eigenvalue weighted by atomic mass is 9.95. The maximum atomic E-state index is 12.5. The molecule has 2 aromatic heterocycles. The molecular weight excluding hydrogens is 326 g/mol. The summed E-state index contributed by atoms with van der Waals surface area (Å²) >= 11 is 0. The van der Waals surface area contributed by atoms with Gasteiger partial charge in [-0.2, -0.15) is 5.10 Å². The number of fused-ring (bicyclic) bond motifs is 1. The Morgan fingerprint density at radius 2 is 2.27 bits per heavy atom. The van der Waals surface area contributed by atoms with Gasteiger partial charge in [0.25, 0.3) is 5.91 Å². The van der Waals surface area contributed by atoms with E-state index in [1.165, 1.54) is 16.7 Å². The predicted molar refractivity (Wildman–Crippen MR) is 99.1 cm³/mol. The zero-order valence-electron chi connectivity index (χ0n) is 14.7. The van der Waals surface area contributed by atoms with Gasteiger partial charge in [-0.25, -0.2) is 9.67 Å². The van der Waals surface area contributed by atoms with E-state index in [1.54, 1.807) is 23.3 Å². The van der Waals surface area contributed by atoms with Crippen molar-refractivity contribution >= 4 is 5.91 Å². The Hall–Kier alpha value is -2.99. The molecule has 0 unspecified atom stereocenters. The summed E-state index contributed by atoms with van der Waals surface area (Å²) in [7, 11) is 0. The largest absolute Gasteiger partial charge is 0.348 e. The standard InChI is InChI=1S/C20H21N5O/c1-14-5-8-22-19(9-14)25-13-17(12-24-25)20(26)23-11-16-4-2-3-15-10-21-7-6-18(15)16/h2-5,8-9,12-13,21H,6-7,10-11H2,1H3,(H,23,26). The molecule has 3 heterocycles. The fraction of sp³-hybridized carbons (Fsp3) is 0.250. The van der Waals surface area contributed by atoms with E-state index in [9.17, 15) is 4.79 Å². The van der Waals surface area contributed by atoms with Gasteiger partial charge in [-0.1, -0.05) is 18.2 Å². The van der Waals surface area contributed by atoms with Crippen molar-refractivity contribution in [3.05, 3.63) is 76.7 Å². The van der Waals surface area contributed by atoms with Crippen LogP contribution >= 0.6 is 0 Å². The van der Waals surface area contributed by atoms with Crippen LogP contribution in [0, 0.1) is 6.92 Å². The Balaban J connectivity index is 1.46. The van der Waals surface area contributed by atoms with Gasteiger partial charge in [0.1, 0.15) is 0 Å². The van der Waals surface area contributed by atoms with Crippen LogP contribution in [0.25, 0.3) is 5.82 Å². The van der Waals surface area contributed by atoms with Crippen LogP contribution in [0.15, 0.2) is 48.9 Å². The Labute approximate surface area is 152 Å². The molecule has 2 N–H and O–H groups in total. The summed E-state index contributed by atoms with van der Waals surface area (Å²) in [6.07, 6.45) is 6.02. The van der Waals surface area contributed by atoms with Crippen LogP contribution in [0.2, 0.25) is 0 Å². The average molecular weight is 347 g/mol. The molecule has 1 aromatic carbocycles. The second-order valence-electron chi connectivity index (χ2n) is 6.53. The van der Waals surface area contributed by atoms with E-state index in [0.717, 1.165) is 25.1 Å². The third-order valence-electron chi connectivity index (χ3n) is 4.66. The lowest BCUT2D eigenvalue weighted by molar-refractivity contribution is 0.0951. The fourth-order valence-electron chi connectivity index (χ4n) is 3.27. The Bertz CT molecular complexity index is 947. The van der Waals surface area contributed by atoms with E-state index in [2.05, 4.69) is 38.9 Å². The van der Waals surface area contributed by atoms with Crippen molar-refractivity contribution in [2.45, 2.75) is 26.4 Å². The molecule has 1 aliphatic rings. The smallest absolute Gasteiger partial charge is 0.254 e. The number of rotatable bonds is 4. The average Bonchev–Trinajstić information content (AvgIpc) is 3.16. The molecule has 0 aliphatic carbocycles. The van der Waals surface area contributed by atoms with E-state index in [1.807, 2.05) is 19.1 Å². The number of amides is 1. The number of nitrogens with one attached hydrogen (secondary N) is 2. The van der Waals surface area contributed by atoms with E-state index >= 15 is 0 Å². The van der Waals surface area contributed by atoms with Gasteiger partial charge in [-0.05, 0) is 54.3 Å². The van der Waals surface area contributed by atoms with Gasteiger partial charge >= 0.3 is 0 Å². The molecule has 132 valence electrons. The van der Waals surface area contributed by atoms with E-state index in [4.69, 9.17) is 0 Å². The number of aryl methyl sites for hydroxylation is 1. The molecule has 4 rings (SSSR count). The molecule has 0 atom stereocenters. The lowest BCUT2D eigenvalue weighted by Crippen LogP contribution is -2.27. The fourth-order valence-corrected chi connectivity index (χ4v) is 3.27. The molecule has 0 bridgehead atoms. The van der Waals surface area contributed by atoms with E-state index in [-0.39, 0.29) is 5.91 Å². The number of nitrogens with zero attached hydrogens (tertiary/aromatic N) is 3. The minimum absolute atomic E-state index is 0.129. The van der Waals surface area contributed by atoms with E-state index in [0.29, 0.717) is 17.9 Å². The van der Waals surface area contributed by atoms with E-state index < -0.39 is 0 Å². The third kappa shape index (κ3) is 3.36. The van der Waals surface area contributed by atoms with Crippen LogP contribution in [0.1, 0.15) is 32.6 Å². The highest BCUT2D eigenvalue weighted by atomic mass is 16.1. The van der Waals surface area contributed by atoms with Crippen LogP contribution in [0.4, 0.5) is 0 Å². The van der Waals surface area contributed by atoms with Crippen LogP contribution < -0.4 is 10.6 Å². The summed E-state index contributed by atoms with van der Waals surface area (Å²) in [5.41, 5.74) is 5.48. The SMILES string of the molecule is Cc1ccnc(-n2cc(C(=O)NCc3cccc4c3CCNC4)cn2)c1. The number of carbonyl (C=O) groups excluding carboxylic acids is 1. The number of benzene rings is 1. The molecular formula is C20H21N5O. The minimum Gasteiger partial charge on any atom is -0.348 e. The van der Waals surface area contributed by atoms with Gasteiger partial charge in [-0.3, -0.25) is 4.79 Å². The normalized spacial score (nSPS) is 13.3. The van der Waals surface area contributed by atoms with Crippen molar-refractivity contribution in [1.82, 2.24) is 25.4 Å². The first-order chi connectivity index (χ1) is 12.7. The maximum absolute atomic E-state index is 12.5. The molecule has 26 heavy (non-hydrogen) atoms. The van der Waals surface area contributed by atoms with Crippen molar-refractivity contribution in [1.29, 1.82) is 0 Å². The molecule has 0 saturated heterocycles. The number of hydrogen-bond acceptors (Lipinski definition) is 4. The summed E-state index contributed by atoms with van der Waals surface area (Å²) in [4.78, 5) is 16.8. The van der Waals surface area contributed by atoms with Crippen LogP contribution in [0.3, 0.4) is 0 Å². The lowest BCUT2D eigenvalue weighted by Gasteiger charge is -2.20. The first-order valence-corrected chi connectivity index (χ1v) is 8.77. The summed E-state index contributed by atoms with van der Waals surface area (Å²) in [6.45, 7) is 4.40. The monoisotopic (exact) mass is 347 g/mol. The molecule has 6 nitrogen and oxygen atoms in total. The molecule has 1 amide bonds. The van der Waals surface area contributed by atoms with Crippen molar-refractivity contribution in [2.24, 2.45) is 0 Å². The Kier molecular flexibility index (Phi) is 4.50. The Morgan fingerprint density at radius 1 is 1.35 bits per heavy atom. The second kappa shape index (κ2) is 7.09. The number of pyridine rings is 1. The first kappa shape index (κ1) is 16.5. The van der Waals surface area contributed by atoms with Crippen molar-refractivity contribution in [2.75, 3.05) is 6.54 Å². The molecule has 0 radical (unpaired) electrons. The van der Waals surface area contributed by atoms with Gasteiger partial charge in [0.2, 0.25) is 0 Å². The highest BCUT2D eigenvalue weighted by Crippen LogP contribution is 2.18. The Morgan fingerprint density at radius 3 is 3.15 bits per heavy atom. The van der Waals surface area contributed by atoms with Crippen LogP contribution in [-0.4, -0.2) is 27.2 Å². The molecule has 0 saturated carbocycles. The predicted octanol–water partition coefficient (Wildman–Crippen LogP) is 2.15. The van der Waals surface area contributed by atoms with Gasteiger partial charge in [0, 0.05) is 25.5 Å². The first-order valence-electron chi connectivity index (χ1n) is 8.77. The van der Waals surface area contributed by atoms with Crippen LogP contribution in [-0.2, 0) is 19.5 Å².